The van der Waals surface area contributed by atoms with E-state index in [2.05, 4.69) is 6.07 Å². The highest BCUT2D eigenvalue weighted by molar-refractivity contribution is 6.00. The van der Waals surface area contributed by atoms with Gasteiger partial charge in [0.1, 0.15) is 0 Å². The lowest BCUT2D eigenvalue weighted by molar-refractivity contribution is 0.0324. The zero-order valence-electron chi connectivity index (χ0n) is 14.5. The first kappa shape index (κ1) is 18.7. The molecule has 0 heterocycles. The molecule has 130 valence electrons. The van der Waals surface area contributed by atoms with E-state index in [1.807, 2.05) is 30.3 Å². The number of hydrogen-bond donors (Lipinski definition) is 1. The Bertz CT molecular complexity index is 753. The van der Waals surface area contributed by atoms with Crippen LogP contribution in [0, 0.1) is 11.3 Å². The zero-order valence-corrected chi connectivity index (χ0v) is 14.5. The van der Waals surface area contributed by atoms with Crippen LogP contribution in [-0.4, -0.2) is 37.2 Å². The van der Waals surface area contributed by atoms with Crippen LogP contribution in [0.2, 0.25) is 0 Å². The quantitative estimate of drug-likeness (QED) is 0.749. The lowest BCUT2D eigenvalue weighted by Crippen LogP contribution is -2.33. The molecular weight excluding hydrogens is 316 g/mol. The van der Waals surface area contributed by atoms with Gasteiger partial charge in [-0.3, -0.25) is 4.79 Å². The molecule has 1 atom stereocenters. The fraction of sp³-hybridized carbons (Fsp3) is 0.300. The molecule has 0 spiro atoms. The van der Waals surface area contributed by atoms with Crippen molar-refractivity contribution in [2.24, 2.45) is 0 Å². The fourth-order valence-electron chi connectivity index (χ4n) is 2.57. The van der Waals surface area contributed by atoms with Gasteiger partial charge in [0.25, 0.3) is 0 Å². The average molecular weight is 338 g/mol. The molecule has 1 N–H and O–H groups in total. The number of likely N-dealkylation sites (N-methyl/N-ethyl adjacent to an activating group) is 1. The van der Waals surface area contributed by atoms with Crippen molar-refractivity contribution >= 4 is 11.5 Å². The number of rotatable bonds is 8. The SMILES string of the molecule is CC(=O)c1ccc(C#N)cc1N(C)CC(O)COCc1ccccc1. The Hall–Kier alpha value is -2.68. The van der Waals surface area contributed by atoms with Gasteiger partial charge in [-0.1, -0.05) is 30.3 Å². The highest BCUT2D eigenvalue weighted by Gasteiger charge is 2.15. The maximum Gasteiger partial charge on any atom is 0.161 e. The Kier molecular flexibility index (Phi) is 6.70. The average Bonchev–Trinajstić information content (AvgIpc) is 2.61. The summed E-state index contributed by atoms with van der Waals surface area (Å²) in [5.41, 5.74) is 2.68. The van der Waals surface area contributed by atoms with Crippen molar-refractivity contribution in [3.8, 4) is 6.07 Å². The van der Waals surface area contributed by atoms with Gasteiger partial charge in [-0.2, -0.15) is 5.26 Å². The standard InChI is InChI=1S/C20H22N2O3/c1-15(23)19-9-8-17(11-21)10-20(19)22(2)12-18(24)14-25-13-16-6-4-3-5-7-16/h3-10,18,24H,12-14H2,1-2H3. The van der Waals surface area contributed by atoms with E-state index in [1.54, 1.807) is 30.1 Å². The Morgan fingerprint density at radius 1 is 1.28 bits per heavy atom. The van der Waals surface area contributed by atoms with Crippen LogP contribution >= 0.6 is 0 Å². The lowest BCUT2D eigenvalue weighted by Gasteiger charge is -2.24. The topological polar surface area (TPSA) is 73.6 Å². The van der Waals surface area contributed by atoms with Crippen LogP contribution in [0.15, 0.2) is 48.5 Å². The molecule has 0 radical (unpaired) electrons. The molecule has 0 saturated heterocycles. The first-order valence-electron chi connectivity index (χ1n) is 8.07. The third kappa shape index (κ3) is 5.42. The molecule has 0 aromatic heterocycles. The first-order valence-corrected chi connectivity index (χ1v) is 8.07. The highest BCUT2D eigenvalue weighted by Crippen LogP contribution is 2.22. The molecular formula is C20H22N2O3. The summed E-state index contributed by atoms with van der Waals surface area (Å²) >= 11 is 0. The number of carbonyl (C=O) groups excluding carboxylic acids is 1. The van der Waals surface area contributed by atoms with Crippen molar-refractivity contribution in [1.82, 2.24) is 0 Å². The van der Waals surface area contributed by atoms with Crippen LogP contribution in [-0.2, 0) is 11.3 Å². The van der Waals surface area contributed by atoms with E-state index < -0.39 is 6.10 Å². The van der Waals surface area contributed by atoms with Gasteiger partial charge in [-0.25, -0.2) is 0 Å². The molecule has 5 nitrogen and oxygen atoms in total. The number of nitrogens with zero attached hydrogens (tertiary/aromatic N) is 2. The van der Waals surface area contributed by atoms with E-state index in [0.29, 0.717) is 30.0 Å². The summed E-state index contributed by atoms with van der Waals surface area (Å²) in [7, 11) is 1.78. The molecule has 0 aliphatic rings. The van der Waals surface area contributed by atoms with Gasteiger partial charge in [-0.15, -0.1) is 0 Å². The number of nitriles is 1. The van der Waals surface area contributed by atoms with Crippen LogP contribution in [0.4, 0.5) is 5.69 Å². The second kappa shape index (κ2) is 8.97. The number of aliphatic hydroxyl groups is 1. The number of aliphatic hydroxyl groups excluding tert-OH is 1. The summed E-state index contributed by atoms with van der Waals surface area (Å²) in [6, 6.07) is 16.7. The summed E-state index contributed by atoms with van der Waals surface area (Å²) in [6.07, 6.45) is -0.709. The zero-order chi connectivity index (χ0) is 18.2. The molecule has 0 aliphatic heterocycles. The van der Waals surface area contributed by atoms with Crippen LogP contribution in [0.3, 0.4) is 0 Å². The van der Waals surface area contributed by atoms with Crippen LogP contribution in [0.5, 0.6) is 0 Å². The Morgan fingerprint density at radius 3 is 2.64 bits per heavy atom. The molecule has 0 aliphatic carbocycles. The fourth-order valence-corrected chi connectivity index (χ4v) is 2.57. The molecule has 0 saturated carbocycles. The monoisotopic (exact) mass is 338 g/mol. The van der Waals surface area contributed by atoms with Gasteiger partial charge in [0.15, 0.2) is 5.78 Å². The van der Waals surface area contributed by atoms with Crippen LogP contribution < -0.4 is 4.90 Å². The summed E-state index contributed by atoms with van der Waals surface area (Å²) in [5, 5.41) is 19.3. The van der Waals surface area contributed by atoms with Crippen molar-refractivity contribution in [1.29, 1.82) is 5.26 Å². The maximum atomic E-state index is 11.8. The highest BCUT2D eigenvalue weighted by atomic mass is 16.5. The molecule has 0 fully saturated rings. The smallest absolute Gasteiger partial charge is 0.161 e. The number of hydrogen-bond acceptors (Lipinski definition) is 5. The van der Waals surface area contributed by atoms with Crippen molar-refractivity contribution < 1.29 is 14.6 Å². The van der Waals surface area contributed by atoms with E-state index >= 15 is 0 Å². The molecule has 0 bridgehead atoms. The van der Waals surface area contributed by atoms with E-state index in [9.17, 15) is 9.90 Å². The molecule has 2 aromatic carbocycles. The van der Waals surface area contributed by atoms with E-state index in [1.165, 1.54) is 6.92 Å². The molecule has 5 heteroatoms. The van der Waals surface area contributed by atoms with Crippen molar-refractivity contribution in [2.75, 3.05) is 25.1 Å². The Morgan fingerprint density at radius 2 is 2.00 bits per heavy atom. The third-order valence-corrected chi connectivity index (χ3v) is 3.82. The largest absolute Gasteiger partial charge is 0.389 e. The predicted octanol–water partition coefficient (Wildman–Crippen LogP) is 2.77. The second-order valence-electron chi connectivity index (χ2n) is 5.93. The first-order chi connectivity index (χ1) is 12.0. The number of benzene rings is 2. The van der Waals surface area contributed by atoms with Crippen molar-refractivity contribution in [2.45, 2.75) is 19.6 Å². The Balaban J connectivity index is 1.95. The van der Waals surface area contributed by atoms with Gasteiger partial charge in [-0.05, 0) is 30.7 Å². The van der Waals surface area contributed by atoms with Gasteiger partial charge in [0.05, 0.1) is 31.0 Å². The van der Waals surface area contributed by atoms with E-state index in [4.69, 9.17) is 10.00 Å². The van der Waals surface area contributed by atoms with E-state index in [0.717, 1.165) is 5.56 Å². The summed E-state index contributed by atoms with van der Waals surface area (Å²) in [6.45, 7) is 2.40. The minimum atomic E-state index is -0.709. The van der Waals surface area contributed by atoms with Crippen LogP contribution in [0.25, 0.3) is 0 Å². The predicted molar refractivity (Wildman–Crippen MR) is 96.5 cm³/mol. The van der Waals surface area contributed by atoms with Crippen LogP contribution in [0.1, 0.15) is 28.4 Å². The van der Waals surface area contributed by atoms with Crippen molar-refractivity contribution in [3.63, 3.8) is 0 Å². The molecule has 2 aromatic rings. The van der Waals surface area contributed by atoms with Gasteiger partial charge in [0, 0.05) is 24.8 Å². The minimum Gasteiger partial charge on any atom is -0.389 e. The second-order valence-corrected chi connectivity index (χ2v) is 5.93. The normalized spacial score (nSPS) is 11.6. The number of ketones is 1. The third-order valence-electron chi connectivity index (χ3n) is 3.82. The molecule has 2 rings (SSSR count). The van der Waals surface area contributed by atoms with Gasteiger partial charge in [0.2, 0.25) is 0 Å². The number of Topliss-reactive ketones (excluding diaryl/α,β-unsaturated/α-hetero) is 1. The summed E-state index contributed by atoms with van der Waals surface area (Å²) < 4.78 is 5.54. The number of ether oxygens (including phenoxy) is 1. The Labute approximate surface area is 148 Å². The minimum absolute atomic E-state index is 0.0823. The number of anilines is 1. The number of carbonyl (C=O) groups is 1. The maximum absolute atomic E-state index is 11.8. The lowest BCUT2D eigenvalue weighted by atomic mass is 10.1. The van der Waals surface area contributed by atoms with Crippen molar-refractivity contribution in [3.05, 3.63) is 65.2 Å². The van der Waals surface area contributed by atoms with E-state index in [-0.39, 0.29) is 12.4 Å². The molecule has 0 amide bonds. The summed E-state index contributed by atoms with van der Waals surface area (Å²) in [4.78, 5) is 13.6. The molecule has 25 heavy (non-hydrogen) atoms. The summed E-state index contributed by atoms with van der Waals surface area (Å²) in [5.74, 6) is -0.0823. The van der Waals surface area contributed by atoms with Gasteiger partial charge >= 0.3 is 0 Å². The van der Waals surface area contributed by atoms with Gasteiger partial charge < -0.3 is 14.7 Å². The molecule has 1 unspecified atom stereocenters.